The summed E-state index contributed by atoms with van der Waals surface area (Å²) in [5, 5.41) is 46.0. The van der Waals surface area contributed by atoms with Crippen molar-refractivity contribution >= 4 is 17.9 Å². The fourth-order valence-corrected chi connectivity index (χ4v) is 4.65. The smallest absolute Gasteiger partial charge is 0.264 e. The lowest BCUT2D eigenvalue weighted by Gasteiger charge is -2.25. The lowest BCUT2D eigenvalue weighted by Crippen LogP contribution is -2.43. The fraction of sp³-hybridized carbons (Fsp3) is 0.222. The molecule has 246 valence electrons. The van der Waals surface area contributed by atoms with Crippen molar-refractivity contribution in [2.24, 2.45) is 0 Å². The number of aromatic hydroxyl groups is 3. The van der Waals surface area contributed by atoms with Gasteiger partial charge in [-0.3, -0.25) is 9.59 Å². The summed E-state index contributed by atoms with van der Waals surface area (Å²) in [6.45, 7) is 0.618. The molecule has 0 aliphatic heterocycles. The fourth-order valence-electron chi connectivity index (χ4n) is 4.65. The van der Waals surface area contributed by atoms with Crippen molar-refractivity contribution in [3.63, 3.8) is 0 Å². The average Bonchev–Trinajstić information content (AvgIpc) is 3.07. The molecule has 6 N–H and O–H groups in total. The van der Waals surface area contributed by atoms with E-state index in [9.17, 15) is 30.0 Å². The minimum atomic E-state index is -1.47. The van der Waals surface area contributed by atoms with Gasteiger partial charge in [0.15, 0.2) is 11.5 Å². The molecule has 4 aromatic rings. The zero-order valence-electron chi connectivity index (χ0n) is 26.1. The summed E-state index contributed by atoms with van der Waals surface area (Å²) in [7, 11) is 2.84. The van der Waals surface area contributed by atoms with Crippen molar-refractivity contribution < 1.29 is 44.2 Å². The number of methoxy groups -OCH3 is 2. The van der Waals surface area contributed by atoms with E-state index in [0.717, 1.165) is 11.1 Å². The molecule has 2 unspecified atom stereocenters. The predicted octanol–water partition coefficient (Wildman–Crippen LogP) is 4.03. The maximum Gasteiger partial charge on any atom is 0.264 e. The van der Waals surface area contributed by atoms with Crippen LogP contribution in [-0.4, -0.2) is 65.7 Å². The topological polar surface area (TPSA) is 167 Å². The number of benzene rings is 4. The van der Waals surface area contributed by atoms with Gasteiger partial charge in [0.05, 0.1) is 14.2 Å². The van der Waals surface area contributed by atoms with Crippen LogP contribution in [0, 0.1) is 0 Å². The Hall–Kier alpha value is -5.68. The number of rotatable bonds is 15. The first kappa shape index (κ1) is 34.2. The van der Waals surface area contributed by atoms with Crippen LogP contribution in [0.2, 0.25) is 0 Å². The van der Waals surface area contributed by atoms with Gasteiger partial charge in [-0.1, -0.05) is 30.3 Å². The van der Waals surface area contributed by atoms with Crippen molar-refractivity contribution in [1.82, 2.24) is 10.6 Å². The molecule has 4 aromatic carbocycles. The minimum absolute atomic E-state index is 0.114. The van der Waals surface area contributed by atoms with Crippen LogP contribution in [0.25, 0.3) is 6.08 Å². The summed E-state index contributed by atoms with van der Waals surface area (Å²) in [6, 6.07) is 22.4. The molecule has 0 saturated carbocycles. The summed E-state index contributed by atoms with van der Waals surface area (Å²) in [5.74, 6) is -0.0428. The first-order chi connectivity index (χ1) is 22.6. The lowest BCUT2D eigenvalue weighted by atomic mass is 10.0. The van der Waals surface area contributed by atoms with Gasteiger partial charge in [0.25, 0.3) is 5.91 Å². The third-order valence-electron chi connectivity index (χ3n) is 7.22. The van der Waals surface area contributed by atoms with Crippen molar-refractivity contribution in [3.05, 3.63) is 113 Å². The highest BCUT2D eigenvalue weighted by Gasteiger charge is 2.31. The van der Waals surface area contributed by atoms with E-state index in [4.69, 9.17) is 14.2 Å². The molecule has 0 radical (unpaired) electrons. The SMILES string of the molecule is COc1cc(/C=C\C(=O)NCCc2ccc(O)cc2)cc(OC(C(=O)NCCc2ccc(O)cc2)C(O)c2ccc(O)c(OC)c2)c1. The molecule has 0 aliphatic rings. The highest BCUT2D eigenvalue weighted by molar-refractivity contribution is 5.91. The van der Waals surface area contributed by atoms with Crippen LogP contribution < -0.4 is 24.8 Å². The molecule has 11 heteroatoms. The van der Waals surface area contributed by atoms with Crippen LogP contribution in [0.1, 0.15) is 28.4 Å². The van der Waals surface area contributed by atoms with Gasteiger partial charge >= 0.3 is 0 Å². The zero-order valence-corrected chi connectivity index (χ0v) is 26.1. The Morgan fingerprint density at radius 2 is 1.34 bits per heavy atom. The summed E-state index contributed by atoms with van der Waals surface area (Å²) in [6.07, 6.45) is 1.08. The molecule has 0 heterocycles. The molecule has 2 atom stereocenters. The maximum absolute atomic E-state index is 13.5. The van der Waals surface area contributed by atoms with Gasteiger partial charge in [-0.15, -0.1) is 0 Å². The highest BCUT2D eigenvalue weighted by Crippen LogP contribution is 2.32. The Morgan fingerprint density at radius 3 is 1.94 bits per heavy atom. The van der Waals surface area contributed by atoms with Crippen molar-refractivity contribution in [2.45, 2.75) is 25.0 Å². The molecule has 0 saturated heterocycles. The quantitative estimate of drug-likeness (QED) is 0.105. The highest BCUT2D eigenvalue weighted by atomic mass is 16.5. The van der Waals surface area contributed by atoms with Crippen molar-refractivity contribution in [3.8, 4) is 34.5 Å². The molecule has 0 spiro atoms. The molecule has 11 nitrogen and oxygen atoms in total. The van der Waals surface area contributed by atoms with E-state index in [1.807, 2.05) is 0 Å². The van der Waals surface area contributed by atoms with E-state index in [1.54, 1.807) is 72.8 Å². The second kappa shape index (κ2) is 16.6. The maximum atomic E-state index is 13.5. The number of ether oxygens (including phenoxy) is 3. The van der Waals surface area contributed by atoms with Crippen molar-refractivity contribution in [2.75, 3.05) is 27.3 Å². The van der Waals surface area contributed by atoms with Crippen LogP contribution in [0.4, 0.5) is 0 Å². The summed E-state index contributed by atoms with van der Waals surface area (Å²) in [5.41, 5.74) is 2.66. The lowest BCUT2D eigenvalue weighted by molar-refractivity contribution is -0.133. The number of phenols is 3. The Bertz CT molecular complexity index is 1670. The van der Waals surface area contributed by atoms with Gasteiger partial charge in [0, 0.05) is 25.2 Å². The number of nitrogens with one attached hydrogen (secondary N) is 2. The third-order valence-corrected chi connectivity index (χ3v) is 7.22. The van der Waals surface area contributed by atoms with E-state index in [1.165, 1.54) is 38.5 Å². The number of phenolic OH excluding ortho intramolecular Hbond substituents is 3. The molecular weight excluding hydrogens is 604 g/mol. The molecule has 0 aromatic heterocycles. The second-order valence-electron chi connectivity index (χ2n) is 10.6. The van der Waals surface area contributed by atoms with Gasteiger partial charge in [-0.2, -0.15) is 0 Å². The van der Waals surface area contributed by atoms with Crippen molar-refractivity contribution in [1.29, 1.82) is 0 Å². The molecule has 2 amide bonds. The number of hydrogen-bond acceptors (Lipinski definition) is 9. The van der Waals surface area contributed by atoms with Crippen LogP contribution in [0.3, 0.4) is 0 Å². The largest absolute Gasteiger partial charge is 0.508 e. The zero-order chi connectivity index (χ0) is 33.8. The molecule has 0 bridgehead atoms. The minimum Gasteiger partial charge on any atom is -0.508 e. The first-order valence-corrected chi connectivity index (χ1v) is 14.9. The van der Waals surface area contributed by atoms with E-state index < -0.39 is 18.1 Å². The van der Waals surface area contributed by atoms with Gasteiger partial charge in [-0.25, -0.2) is 0 Å². The van der Waals surface area contributed by atoms with Crippen LogP contribution in [0.15, 0.2) is 91.0 Å². The normalized spacial score (nSPS) is 12.2. The summed E-state index contributed by atoms with van der Waals surface area (Å²) < 4.78 is 16.7. The number of aliphatic hydroxyl groups excluding tert-OH is 1. The molecule has 0 fully saturated rings. The summed E-state index contributed by atoms with van der Waals surface area (Å²) in [4.78, 5) is 26.0. The van der Waals surface area contributed by atoms with E-state index >= 15 is 0 Å². The van der Waals surface area contributed by atoms with Gasteiger partial charge in [-0.05, 0) is 89.7 Å². The Balaban J connectivity index is 1.49. The first-order valence-electron chi connectivity index (χ1n) is 14.9. The number of aliphatic hydroxyl groups is 1. The number of carbonyl (C=O) groups excluding carboxylic acids is 2. The van der Waals surface area contributed by atoms with Crippen LogP contribution in [0.5, 0.6) is 34.5 Å². The van der Waals surface area contributed by atoms with Gasteiger partial charge in [0.2, 0.25) is 12.0 Å². The van der Waals surface area contributed by atoms with Crippen LogP contribution >= 0.6 is 0 Å². The van der Waals surface area contributed by atoms with E-state index in [0.29, 0.717) is 30.7 Å². The summed E-state index contributed by atoms with van der Waals surface area (Å²) >= 11 is 0. The Kier molecular flexibility index (Phi) is 12.1. The average molecular weight is 643 g/mol. The molecule has 4 rings (SSSR count). The Morgan fingerprint density at radius 1 is 0.745 bits per heavy atom. The van der Waals surface area contributed by atoms with Crippen LogP contribution in [-0.2, 0) is 22.4 Å². The number of carbonyl (C=O) groups is 2. The van der Waals surface area contributed by atoms with Gasteiger partial charge < -0.3 is 45.3 Å². The monoisotopic (exact) mass is 642 g/mol. The Labute approximate surface area is 272 Å². The van der Waals surface area contributed by atoms with E-state index in [2.05, 4.69) is 10.6 Å². The van der Waals surface area contributed by atoms with Gasteiger partial charge in [0.1, 0.15) is 29.1 Å². The van der Waals surface area contributed by atoms with E-state index in [-0.39, 0.29) is 46.8 Å². The number of hydrogen-bond donors (Lipinski definition) is 6. The molecule has 47 heavy (non-hydrogen) atoms. The predicted molar refractivity (Wildman–Crippen MR) is 176 cm³/mol. The molecule has 0 aliphatic carbocycles. The standard InChI is InChI=1S/C36H38N2O9/c1-45-29-19-25(7-14-33(42)37-17-15-23-3-9-27(39)10-4-23)20-30(22-29)47-35(34(43)26-8-13-31(41)32(21-26)46-2)36(44)38-18-16-24-5-11-28(40)12-6-24/h3-14,19-22,34-35,39-41,43H,15-18H2,1-2H3,(H,37,42)(H,38,44)/b14-7-. The molecular formula is C36H38N2O9. The second-order valence-corrected chi connectivity index (χ2v) is 10.6. The number of amides is 2. The third kappa shape index (κ3) is 10.2.